The van der Waals surface area contributed by atoms with Crippen molar-refractivity contribution in [2.24, 2.45) is 0 Å². The molecule has 1 amide bonds. The average molecular weight is 398 g/mol. The predicted octanol–water partition coefficient (Wildman–Crippen LogP) is 5.30. The van der Waals surface area contributed by atoms with Gasteiger partial charge in [-0.15, -0.1) is 11.3 Å². The Balaban J connectivity index is 1.51. The molecule has 2 saturated heterocycles. The first-order chi connectivity index (χ1) is 13.8. The number of anilines is 3. The van der Waals surface area contributed by atoms with Crippen LogP contribution in [0.3, 0.4) is 0 Å². The minimum atomic E-state index is 0.113. The van der Waals surface area contributed by atoms with E-state index in [0.29, 0.717) is 6.42 Å². The Bertz CT molecular complexity index is 762. The van der Waals surface area contributed by atoms with Crippen LogP contribution >= 0.6 is 11.3 Å². The maximum Gasteiger partial charge on any atom is 0.224 e. The van der Waals surface area contributed by atoms with Crippen molar-refractivity contribution >= 4 is 34.3 Å². The summed E-state index contributed by atoms with van der Waals surface area (Å²) in [6, 6.07) is 10.8. The Labute approximate surface area is 172 Å². The summed E-state index contributed by atoms with van der Waals surface area (Å²) in [6.45, 7) is 4.41. The molecule has 3 heterocycles. The van der Waals surface area contributed by atoms with Crippen LogP contribution in [0.4, 0.5) is 17.1 Å². The molecule has 1 N–H and O–H groups in total. The van der Waals surface area contributed by atoms with Gasteiger partial charge in [-0.2, -0.15) is 0 Å². The van der Waals surface area contributed by atoms with Crippen molar-refractivity contribution < 1.29 is 4.79 Å². The van der Waals surface area contributed by atoms with Crippen LogP contribution in [0.15, 0.2) is 35.7 Å². The van der Waals surface area contributed by atoms with Crippen molar-refractivity contribution in [2.75, 3.05) is 41.3 Å². The zero-order valence-electron chi connectivity index (χ0n) is 16.7. The molecule has 0 unspecified atom stereocenters. The Morgan fingerprint density at radius 3 is 2.32 bits per heavy atom. The Hall–Kier alpha value is -2.01. The van der Waals surface area contributed by atoms with E-state index in [9.17, 15) is 4.79 Å². The number of nitrogens with one attached hydrogen (secondary N) is 1. The fourth-order valence-electron chi connectivity index (χ4n) is 4.29. The normalized spacial score (nSPS) is 17.6. The van der Waals surface area contributed by atoms with Crippen LogP contribution in [-0.4, -0.2) is 32.1 Å². The summed E-state index contributed by atoms with van der Waals surface area (Å²) in [4.78, 5) is 18.9. The number of piperidine rings is 2. The van der Waals surface area contributed by atoms with Gasteiger partial charge in [0.05, 0.1) is 11.4 Å². The third-order valence-electron chi connectivity index (χ3n) is 5.85. The number of thiophene rings is 1. The highest BCUT2D eigenvalue weighted by Crippen LogP contribution is 2.33. The lowest BCUT2D eigenvalue weighted by molar-refractivity contribution is -0.116. The molecule has 0 bridgehead atoms. The van der Waals surface area contributed by atoms with Gasteiger partial charge < -0.3 is 15.1 Å². The van der Waals surface area contributed by atoms with E-state index in [4.69, 9.17) is 0 Å². The fourth-order valence-corrected chi connectivity index (χ4v) is 5.00. The predicted molar refractivity (Wildman–Crippen MR) is 120 cm³/mol. The van der Waals surface area contributed by atoms with E-state index in [1.165, 1.54) is 54.8 Å². The second kappa shape index (κ2) is 9.46. The standard InChI is InChI=1S/C23H31N3OS/c27-23(12-10-20-8-7-17-28-20)24-21-18-19(25-13-3-1-4-14-25)9-11-22(21)26-15-5-2-6-16-26/h7-9,11,17-18H,1-6,10,12-16H2,(H,24,27). The van der Waals surface area contributed by atoms with Crippen LogP contribution in [0.2, 0.25) is 0 Å². The molecule has 0 saturated carbocycles. The fraction of sp³-hybridized carbons (Fsp3) is 0.522. The number of nitrogens with zero attached hydrogens (tertiary/aromatic N) is 2. The number of hydrogen-bond acceptors (Lipinski definition) is 4. The van der Waals surface area contributed by atoms with Gasteiger partial charge in [-0.25, -0.2) is 0 Å². The van der Waals surface area contributed by atoms with Gasteiger partial charge in [-0.3, -0.25) is 4.79 Å². The molecular weight excluding hydrogens is 366 g/mol. The zero-order valence-corrected chi connectivity index (χ0v) is 17.5. The quantitative estimate of drug-likeness (QED) is 0.718. The molecule has 0 spiro atoms. The molecule has 28 heavy (non-hydrogen) atoms. The van der Waals surface area contributed by atoms with E-state index >= 15 is 0 Å². The summed E-state index contributed by atoms with van der Waals surface area (Å²) in [7, 11) is 0. The highest BCUT2D eigenvalue weighted by molar-refractivity contribution is 7.09. The lowest BCUT2D eigenvalue weighted by atomic mass is 10.1. The molecule has 150 valence electrons. The van der Waals surface area contributed by atoms with Crippen molar-refractivity contribution in [3.63, 3.8) is 0 Å². The van der Waals surface area contributed by atoms with E-state index in [2.05, 4.69) is 50.8 Å². The molecule has 4 rings (SSSR count). The summed E-state index contributed by atoms with van der Waals surface area (Å²) in [5, 5.41) is 5.32. The van der Waals surface area contributed by atoms with Gasteiger partial charge in [0.2, 0.25) is 5.91 Å². The number of carbonyl (C=O) groups excluding carboxylic acids is 1. The lowest BCUT2D eigenvalue weighted by Gasteiger charge is -2.33. The molecule has 2 aliphatic heterocycles. The van der Waals surface area contributed by atoms with E-state index in [1.807, 2.05) is 0 Å². The van der Waals surface area contributed by atoms with Gasteiger partial charge in [0.1, 0.15) is 0 Å². The molecule has 0 atom stereocenters. The first-order valence-corrected chi connectivity index (χ1v) is 11.6. The highest BCUT2D eigenvalue weighted by atomic mass is 32.1. The average Bonchev–Trinajstić information content (AvgIpc) is 3.27. The monoisotopic (exact) mass is 397 g/mol. The molecule has 1 aromatic heterocycles. The Kier molecular flexibility index (Phi) is 6.53. The number of amides is 1. The van der Waals surface area contributed by atoms with Gasteiger partial charge in [0, 0.05) is 43.2 Å². The molecule has 2 aromatic rings. The summed E-state index contributed by atoms with van der Waals surface area (Å²) in [5.74, 6) is 0.113. The molecule has 2 aliphatic rings. The minimum Gasteiger partial charge on any atom is -0.371 e. The smallest absolute Gasteiger partial charge is 0.224 e. The zero-order chi connectivity index (χ0) is 19.2. The van der Waals surface area contributed by atoms with Gasteiger partial charge in [-0.05, 0) is 74.6 Å². The third kappa shape index (κ3) is 4.88. The van der Waals surface area contributed by atoms with E-state index in [1.54, 1.807) is 11.3 Å². The van der Waals surface area contributed by atoms with Gasteiger partial charge in [0.15, 0.2) is 0 Å². The number of benzene rings is 1. The van der Waals surface area contributed by atoms with E-state index < -0.39 is 0 Å². The second-order valence-corrected chi connectivity index (χ2v) is 8.96. The highest BCUT2D eigenvalue weighted by Gasteiger charge is 2.19. The third-order valence-corrected chi connectivity index (χ3v) is 6.79. The number of hydrogen-bond donors (Lipinski definition) is 1. The number of aryl methyl sites for hydroxylation is 1. The van der Waals surface area contributed by atoms with Gasteiger partial charge >= 0.3 is 0 Å². The maximum absolute atomic E-state index is 12.7. The largest absolute Gasteiger partial charge is 0.371 e. The van der Waals surface area contributed by atoms with Crippen LogP contribution in [-0.2, 0) is 11.2 Å². The Morgan fingerprint density at radius 1 is 0.929 bits per heavy atom. The lowest BCUT2D eigenvalue weighted by Crippen LogP contribution is -2.31. The van der Waals surface area contributed by atoms with Gasteiger partial charge in [-0.1, -0.05) is 6.07 Å². The first kappa shape index (κ1) is 19.3. The summed E-state index contributed by atoms with van der Waals surface area (Å²) in [5.41, 5.74) is 3.42. The topological polar surface area (TPSA) is 35.6 Å². The number of carbonyl (C=O) groups is 1. The molecule has 1 aromatic carbocycles. The first-order valence-electron chi connectivity index (χ1n) is 10.8. The summed E-state index contributed by atoms with van der Waals surface area (Å²) < 4.78 is 0. The van der Waals surface area contributed by atoms with Gasteiger partial charge in [0.25, 0.3) is 0 Å². The van der Waals surface area contributed by atoms with Crippen LogP contribution in [0.1, 0.15) is 49.8 Å². The molecule has 0 aliphatic carbocycles. The van der Waals surface area contributed by atoms with E-state index in [0.717, 1.165) is 38.3 Å². The van der Waals surface area contributed by atoms with Crippen molar-refractivity contribution in [3.8, 4) is 0 Å². The van der Waals surface area contributed by atoms with Crippen LogP contribution in [0, 0.1) is 0 Å². The van der Waals surface area contributed by atoms with Crippen LogP contribution in [0.25, 0.3) is 0 Å². The van der Waals surface area contributed by atoms with Crippen molar-refractivity contribution in [1.82, 2.24) is 0 Å². The summed E-state index contributed by atoms with van der Waals surface area (Å²) >= 11 is 1.72. The summed E-state index contributed by atoms with van der Waals surface area (Å²) in [6.07, 6.45) is 8.98. The van der Waals surface area contributed by atoms with Crippen molar-refractivity contribution in [3.05, 3.63) is 40.6 Å². The molecule has 4 nitrogen and oxygen atoms in total. The molecular formula is C23H31N3OS. The van der Waals surface area contributed by atoms with Crippen molar-refractivity contribution in [2.45, 2.75) is 51.4 Å². The second-order valence-electron chi connectivity index (χ2n) is 7.92. The molecule has 2 fully saturated rings. The van der Waals surface area contributed by atoms with E-state index in [-0.39, 0.29) is 5.91 Å². The molecule has 0 radical (unpaired) electrons. The molecule has 5 heteroatoms. The number of rotatable bonds is 6. The minimum absolute atomic E-state index is 0.113. The van der Waals surface area contributed by atoms with Crippen LogP contribution < -0.4 is 15.1 Å². The van der Waals surface area contributed by atoms with Crippen molar-refractivity contribution in [1.29, 1.82) is 0 Å². The SMILES string of the molecule is O=C(CCc1cccs1)Nc1cc(N2CCCCC2)ccc1N1CCCCC1. The van der Waals surface area contributed by atoms with Crippen LogP contribution in [0.5, 0.6) is 0 Å². The Morgan fingerprint density at radius 2 is 1.64 bits per heavy atom. The maximum atomic E-state index is 12.7.